The largest absolute Gasteiger partial charge is 0.508 e. The van der Waals surface area contributed by atoms with Gasteiger partial charge < -0.3 is 20.5 Å². The first-order valence-electron chi connectivity index (χ1n) is 7.01. The average molecular weight is 317 g/mol. The summed E-state index contributed by atoms with van der Waals surface area (Å²) in [5.74, 6) is -0.734. The molecule has 0 fully saturated rings. The van der Waals surface area contributed by atoms with Crippen LogP contribution in [0.15, 0.2) is 29.8 Å². The number of hydrogen-bond donors (Lipinski definition) is 3. The molecule has 0 saturated carbocycles. The molecule has 0 spiro atoms. The van der Waals surface area contributed by atoms with Crippen LogP contribution in [-0.4, -0.2) is 43.7 Å². The summed E-state index contributed by atoms with van der Waals surface area (Å²) in [6.45, 7) is 0.949. The first kappa shape index (κ1) is 18.2. The van der Waals surface area contributed by atoms with E-state index in [1.165, 1.54) is 25.3 Å². The molecule has 23 heavy (non-hydrogen) atoms. The molecule has 0 unspecified atom stereocenters. The Morgan fingerprint density at radius 3 is 2.78 bits per heavy atom. The summed E-state index contributed by atoms with van der Waals surface area (Å²) in [4.78, 5) is 23.3. The molecule has 7 nitrogen and oxygen atoms in total. The standard InChI is InChI=1S/C16H19N3O4/c1-23-8-7-18-15(21)5-6-19-16(22)13(11-17)9-12-3-2-4-14(20)10-12/h2-4,9-10,20H,5-8H2,1H3,(H,18,21)(H,19,22)/b13-9+. The summed E-state index contributed by atoms with van der Waals surface area (Å²) in [7, 11) is 1.54. The molecular weight excluding hydrogens is 298 g/mol. The van der Waals surface area contributed by atoms with E-state index in [2.05, 4.69) is 10.6 Å². The van der Waals surface area contributed by atoms with E-state index in [9.17, 15) is 14.7 Å². The number of benzene rings is 1. The van der Waals surface area contributed by atoms with Crippen LogP contribution in [0.25, 0.3) is 6.08 Å². The molecule has 0 atom stereocenters. The zero-order chi connectivity index (χ0) is 17.1. The number of hydrogen-bond acceptors (Lipinski definition) is 5. The summed E-state index contributed by atoms with van der Waals surface area (Å²) in [5.41, 5.74) is 0.435. The zero-order valence-electron chi connectivity index (χ0n) is 12.8. The number of phenols is 1. The van der Waals surface area contributed by atoms with Gasteiger partial charge in [-0.05, 0) is 23.8 Å². The van der Waals surface area contributed by atoms with Gasteiger partial charge in [-0.25, -0.2) is 0 Å². The number of nitrogens with zero attached hydrogens (tertiary/aromatic N) is 1. The molecule has 122 valence electrons. The van der Waals surface area contributed by atoms with Crippen molar-refractivity contribution in [2.45, 2.75) is 6.42 Å². The van der Waals surface area contributed by atoms with Crippen molar-refractivity contribution in [3.05, 3.63) is 35.4 Å². The average Bonchev–Trinajstić information content (AvgIpc) is 2.52. The van der Waals surface area contributed by atoms with Crippen LogP contribution in [-0.2, 0) is 14.3 Å². The van der Waals surface area contributed by atoms with Crippen molar-refractivity contribution in [1.29, 1.82) is 5.26 Å². The Bertz CT molecular complexity index is 620. The van der Waals surface area contributed by atoms with E-state index in [0.29, 0.717) is 18.7 Å². The van der Waals surface area contributed by atoms with Crippen LogP contribution < -0.4 is 10.6 Å². The maximum Gasteiger partial charge on any atom is 0.261 e. The van der Waals surface area contributed by atoms with Crippen molar-refractivity contribution in [1.82, 2.24) is 10.6 Å². The molecule has 7 heteroatoms. The van der Waals surface area contributed by atoms with Gasteiger partial charge in [0.15, 0.2) is 0 Å². The van der Waals surface area contributed by atoms with Gasteiger partial charge in [0.2, 0.25) is 5.91 Å². The van der Waals surface area contributed by atoms with Crippen molar-refractivity contribution in [3.8, 4) is 11.8 Å². The Morgan fingerprint density at radius 2 is 2.13 bits per heavy atom. The zero-order valence-corrected chi connectivity index (χ0v) is 12.8. The molecule has 0 aliphatic carbocycles. The molecule has 1 rings (SSSR count). The van der Waals surface area contributed by atoms with Gasteiger partial charge in [-0.15, -0.1) is 0 Å². The second-order valence-electron chi connectivity index (χ2n) is 4.61. The minimum atomic E-state index is -0.569. The number of aromatic hydroxyl groups is 1. The summed E-state index contributed by atoms with van der Waals surface area (Å²) in [6, 6.07) is 8.00. The maximum absolute atomic E-state index is 11.9. The van der Waals surface area contributed by atoms with Crippen LogP contribution in [0.1, 0.15) is 12.0 Å². The molecule has 0 aliphatic heterocycles. The quantitative estimate of drug-likeness (QED) is 0.369. The van der Waals surface area contributed by atoms with Gasteiger partial charge in [0, 0.05) is 26.6 Å². The number of phenolic OH excluding ortho intramolecular Hbond substituents is 1. The minimum absolute atomic E-state index is 0.0455. The minimum Gasteiger partial charge on any atom is -0.508 e. The molecule has 1 aromatic carbocycles. The fraction of sp³-hybridized carbons (Fsp3) is 0.312. The molecule has 0 radical (unpaired) electrons. The Balaban J connectivity index is 2.49. The Labute approximate surface area is 134 Å². The summed E-state index contributed by atoms with van der Waals surface area (Å²) in [6.07, 6.45) is 1.48. The molecule has 0 heterocycles. The number of carbonyl (C=O) groups excluding carboxylic acids is 2. The topological polar surface area (TPSA) is 111 Å². The highest BCUT2D eigenvalue weighted by Crippen LogP contribution is 2.13. The number of carbonyl (C=O) groups is 2. The van der Waals surface area contributed by atoms with Gasteiger partial charge in [0.05, 0.1) is 6.61 Å². The number of methoxy groups -OCH3 is 1. The lowest BCUT2D eigenvalue weighted by atomic mass is 10.1. The van der Waals surface area contributed by atoms with Gasteiger partial charge in [-0.3, -0.25) is 9.59 Å². The van der Waals surface area contributed by atoms with Crippen LogP contribution in [0.3, 0.4) is 0 Å². The lowest BCUT2D eigenvalue weighted by molar-refractivity contribution is -0.121. The van der Waals surface area contributed by atoms with E-state index in [4.69, 9.17) is 10.00 Å². The second-order valence-corrected chi connectivity index (χ2v) is 4.61. The molecule has 3 N–H and O–H groups in total. The van der Waals surface area contributed by atoms with Crippen LogP contribution in [0.4, 0.5) is 0 Å². The molecule has 0 aliphatic rings. The van der Waals surface area contributed by atoms with Gasteiger partial charge in [0.1, 0.15) is 17.4 Å². The maximum atomic E-state index is 11.9. The monoisotopic (exact) mass is 317 g/mol. The van der Waals surface area contributed by atoms with E-state index in [0.717, 1.165) is 0 Å². The van der Waals surface area contributed by atoms with E-state index < -0.39 is 5.91 Å². The Hall–Kier alpha value is -2.85. The van der Waals surface area contributed by atoms with Crippen LogP contribution in [0.2, 0.25) is 0 Å². The van der Waals surface area contributed by atoms with Crippen molar-refractivity contribution in [3.63, 3.8) is 0 Å². The SMILES string of the molecule is COCCNC(=O)CCNC(=O)/C(C#N)=C/c1cccc(O)c1. The fourth-order valence-electron chi connectivity index (χ4n) is 1.70. The lowest BCUT2D eigenvalue weighted by Crippen LogP contribution is -2.32. The fourth-order valence-corrected chi connectivity index (χ4v) is 1.70. The number of rotatable bonds is 8. The van der Waals surface area contributed by atoms with Gasteiger partial charge in [-0.2, -0.15) is 5.26 Å². The molecule has 0 aromatic heterocycles. The molecule has 0 saturated heterocycles. The normalized spacial score (nSPS) is 10.7. The van der Waals surface area contributed by atoms with Crippen LogP contribution >= 0.6 is 0 Å². The second kappa shape index (κ2) is 9.97. The molecule has 2 amide bonds. The predicted octanol–water partition coefficient (Wildman–Crippen LogP) is 0.568. The third-order valence-corrected chi connectivity index (χ3v) is 2.81. The first-order valence-corrected chi connectivity index (χ1v) is 7.01. The Kier molecular flexibility index (Phi) is 7.89. The highest BCUT2D eigenvalue weighted by atomic mass is 16.5. The van der Waals surface area contributed by atoms with Crippen molar-refractivity contribution in [2.24, 2.45) is 0 Å². The van der Waals surface area contributed by atoms with Gasteiger partial charge >= 0.3 is 0 Å². The van der Waals surface area contributed by atoms with E-state index in [1.807, 2.05) is 0 Å². The van der Waals surface area contributed by atoms with Gasteiger partial charge in [0.25, 0.3) is 5.91 Å². The summed E-state index contributed by atoms with van der Waals surface area (Å²) in [5, 5.41) is 23.5. The number of nitrogens with one attached hydrogen (secondary N) is 2. The van der Waals surface area contributed by atoms with Gasteiger partial charge in [-0.1, -0.05) is 12.1 Å². The molecule has 0 bridgehead atoms. The highest BCUT2D eigenvalue weighted by molar-refractivity contribution is 6.01. The third kappa shape index (κ3) is 7.11. The number of amides is 2. The smallest absolute Gasteiger partial charge is 0.261 e. The molecule has 1 aromatic rings. The lowest BCUT2D eigenvalue weighted by Gasteiger charge is -2.06. The molecular formula is C16H19N3O4. The third-order valence-electron chi connectivity index (χ3n) is 2.81. The number of ether oxygens (including phenoxy) is 1. The van der Waals surface area contributed by atoms with Crippen LogP contribution in [0.5, 0.6) is 5.75 Å². The first-order chi connectivity index (χ1) is 11.1. The highest BCUT2D eigenvalue weighted by Gasteiger charge is 2.09. The Morgan fingerprint density at radius 1 is 1.35 bits per heavy atom. The van der Waals surface area contributed by atoms with E-state index in [-0.39, 0.29) is 30.2 Å². The summed E-state index contributed by atoms with van der Waals surface area (Å²) < 4.78 is 4.80. The predicted molar refractivity (Wildman–Crippen MR) is 84.2 cm³/mol. The van der Waals surface area contributed by atoms with Crippen molar-refractivity contribution < 1.29 is 19.4 Å². The van der Waals surface area contributed by atoms with E-state index >= 15 is 0 Å². The van der Waals surface area contributed by atoms with Crippen LogP contribution in [0, 0.1) is 11.3 Å². The van der Waals surface area contributed by atoms with E-state index in [1.54, 1.807) is 18.2 Å². The summed E-state index contributed by atoms with van der Waals surface area (Å²) >= 11 is 0. The van der Waals surface area contributed by atoms with Crippen molar-refractivity contribution in [2.75, 3.05) is 26.8 Å². The van der Waals surface area contributed by atoms with Crippen molar-refractivity contribution >= 4 is 17.9 Å². The number of nitriles is 1.